The zero-order chi connectivity index (χ0) is 15.9. The van der Waals surface area contributed by atoms with Crippen LogP contribution in [0.3, 0.4) is 0 Å². The van der Waals surface area contributed by atoms with Gasteiger partial charge in [-0.3, -0.25) is 4.79 Å². The average molecular weight is 304 g/mol. The number of ether oxygens (including phenoxy) is 1. The summed E-state index contributed by atoms with van der Waals surface area (Å²) in [7, 11) is 0. The smallest absolute Gasteiger partial charge is 0.313 e. The van der Waals surface area contributed by atoms with E-state index in [2.05, 4.69) is 43.0 Å². The molecule has 1 saturated carbocycles. The Bertz CT molecular complexity index is 745. The van der Waals surface area contributed by atoms with Crippen LogP contribution in [0.25, 0.3) is 11.1 Å². The molecule has 4 rings (SSSR count). The van der Waals surface area contributed by atoms with Crippen molar-refractivity contribution >= 4 is 5.97 Å². The summed E-state index contributed by atoms with van der Waals surface area (Å²) in [6, 6.07) is 18.9. The summed E-state index contributed by atoms with van der Waals surface area (Å²) in [5, 5.41) is 0. The third kappa shape index (κ3) is 2.39. The summed E-state index contributed by atoms with van der Waals surface area (Å²) < 4.78 is 5.36. The van der Waals surface area contributed by atoms with Gasteiger partial charge in [-0.15, -0.1) is 0 Å². The Morgan fingerprint density at radius 3 is 2.48 bits per heavy atom. The maximum atomic E-state index is 12.4. The van der Waals surface area contributed by atoms with Crippen LogP contribution in [0, 0.1) is 11.3 Å². The lowest BCUT2D eigenvalue weighted by atomic mass is 9.75. The quantitative estimate of drug-likeness (QED) is 0.620. The van der Waals surface area contributed by atoms with Gasteiger partial charge in [-0.2, -0.15) is 0 Å². The molecule has 116 valence electrons. The molecule has 1 aliphatic heterocycles. The number of carbonyl (C=O) groups is 1. The van der Waals surface area contributed by atoms with Crippen molar-refractivity contribution in [2.45, 2.75) is 19.3 Å². The molecule has 0 spiro atoms. The topological polar surface area (TPSA) is 26.3 Å². The molecule has 2 fully saturated rings. The lowest BCUT2D eigenvalue weighted by molar-refractivity contribution is -0.146. The monoisotopic (exact) mass is 304 g/mol. The van der Waals surface area contributed by atoms with E-state index in [4.69, 9.17) is 4.74 Å². The van der Waals surface area contributed by atoms with Gasteiger partial charge >= 0.3 is 5.97 Å². The van der Waals surface area contributed by atoms with E-state index >= 15 is 0 Å². The fourth-order valence-corrected chi connectivity index (χ4v) is 4.07. The number of hydrogen-bond donors (Lipinski definition) is 0. The fourth-order valence-electron chi connectivity index (χ4n) is 4.07. The Hall–Kier alpha value is -2.35. The second kappa shape index (κ2) is 5.38. The molecule has 1 saturated heterocycles. The van der Waals surface area contributed by atoms with E-state index in [1.807, 2.05) is 18.2 Å². The van der Waals surface area contributed by atoms with Gasteiger partial charge < -0.3 is 4.74 Å². The van der Waals surface area contributed by atoms with Crippen LogP contribution in [0.2, 0.25) is 0 Å². The maximum Gasteiger partial charge on any atom is 0.313 e. The van der Waals surface area contributed by atoms with E-state index < -0.39 is 0 Å². The van der Waals surface area contributed by atoms with E-state index in [0.717, 1.165) is 19.3 Å². The highest BCUT2D eigenvalue weighted by molar-refractivity contribution is 5.81. The van der Waals surface area contributed by atoms with E-state index in [1.165, 1.54) is 22.3 Å². The van der Waals surface area contributed by atoms with Crippen LogP contribution in [-0.2, 0) is 16.0 Å². The van der Waals surface area contributed by atoms with Crippen molar-refractivity contribution in [1.29, 1.82) is 0 Å². The second-order valence-electron chi connectivity index (χ2n) is 6.82. The summed E-state index contributed by atoms with van der Waals surface area (Å²) in [5.74, 6) is 0.268. The molecule has 2 heteroatoms. The van der Waals surface area contributed by atoms with Crippen molar-refractivity contribution in [3.05, 3.63) is 72.3 Å². The zero-order valence-corrected chi connectivity index (χ0v) is 13.1. The number of esters is 1. The van der Waals surface area contributed by atoms with Crippen LogP contribution in [-0.4, -0.2) is 12.6 Å². The van der Waals surface area contributed by atoms with E-state index in [9.17, 15) is 4.79 Å². The number of fused-ring (bicyclic) bond motifs is 1. The van der Waals surface area contributed by atoms with E-state index in [-0.39, 0.29) is 11.4 Å². The van der Waals surface area contributed by atoms with Gasteiger partial charge in [0.05, 0.1) is 12.0 Å². The highest BCUT2D eigenvalue weighted by atomic mass is 16.5. The van der Waals surface area contributed by atoms with Crippen LogP contribution in [0.5, 0.6) is 0 Å². The fraction of sp³-hybridized carbons (Fsp3) is 0.286. The lowest BCUT2D eigenvalue weighted by Crippen LogP contribution is -2.31. The molecule has 1 heterocycles. The van der Waals surface area contributed by atoms with Gasteiger partial charge in [-0.05, 0) is 36.0 Å². The minimum atomic E-state index is -0.370. The predicted octanol–water partition coefficient (Wildman–Crippen LogP) is 4.41. The number of cyclic esters (lactones) is 1. The molecule has 0 aromatic heterocycles. The van der Waals surface area contributed by atoms with Crippen molar-refractivity contribution in [3.63, 3.8) is 0 Å². The minimum absolute atomic E-state index is 0.0340. The van der Waals surface area contributed by atoms with Gasteiger partial charge in [-0.1, -0.05) is 66.7 Å². The first-order valence-corrected chi connectivity index (χ1v) is 8.16. The molecule has 2 atom stereocenters. The Balaban J connectivity index is 1.60. The molecule has 2 nitrogen and oxygen atoms in total. The van der Waals surface area contributed by atoms with Crippen LogP contribution >= 0.6 is 0 Å². The Morgan fingerprint density at radius 1 is 1.04 bits per heavy atom. The molecule has 23 heavy (non-hydrogen) atoms. The normalized spacial score (nSPS) is 26.2. The van der Waals surface area contributed by atoms with Crippen molar-refractivity contribution in [2.75, 3.05) is 6.61 Å². The number of allylic oxidation sites excluding steroid dienone is 1. The molecule has 0 radical (unpaired) electrons. The van der Waals surface area contributed by atoms with E-state index in [1.54, 1.807) is 0 Å². The molecule has 0 N–H and O–H groups in total. The van der Waals surface area contributed by atoms with Gasteiger partial charge in [0.25, 0.3) is 0 Å². The number of hydrogen-bond acceptors (Lipinski definition) is 2. The zero-order valence-electron chi connectivity index (χ0n) is 13.1. The molecular formula is C21H20O2. The summed E-state index contributed by atoms with van der Waals surface area (Å²) in [6.45, 7) is 4.66. The van der Waals surface area contributed by atoms with Gasteiger partial charge in [0.1, 0.15) is 0 Å². The SMILES string of the molecule is C=C1CC2COC(=O)C2(Cc2ccc(-c3ccccc3)cc2)C1. The van der Waals surface area contributed by atoms with Crippen molar-refractivity contribution in [1.82, 2.24) is 0 Å². The summed E-state index contributed by atoms with van der Waals surface area (Å²) in [4.78, 5) is 12.4. The molecule has 2 aliphatic rings. The largest absolute Gasteiger partial charge is 0.465 e. The number of carbonyl (C=O) groups excluding carboxylic acids is 1. The lowest BCUT2D eigenvalue weighted by Gasteiger charge is -2.24. The molecule has 0 bridgehead atoms. The van der Waals surface area contributed by atoms with Crippen molar-refractivity contribution in [2.24, 2.45) is 11.3 Å². The first-order valence-electron chi connectivity index (χ1n) is 8.16. The number of rotatable bonds is 3. The highest BCUT2D eigenvalue weighted by Gasteiger charge is 2.55. The number of benzene rings is 2. The minimum Gasteiger partial charge on any atom is -0.465 e. The van der Waals surface area contributed by atoms with Crippen LogP contribution in [0.15, 0.2) is 66.7 Å². The molecule has 2 aromatic carbocycles. The third-order valence-corrected chi connectivity index (χ3v) is 5.28. The third-order valence-electron chi connectivity index (χ3n) is 5.28. The predicted molar refractivity (Wildman–Crippen MR) is 90.8 cm³/mol. The molecule has 2 aromatic rings. The van der Waals surface area contributed by atoms with Gasteiger partial charge in [0.2, 0.25) is 0 Å². The highest BCUT2D eigenvalue weighted by Crippen LogP contribution is 2.52. The van der Waals surface area contributed by atoms with Gasteiger partial charge in [0.15, 0.2) is 0 Å². The molecule has 1 aliphatic carbocycles. The standard InChI is InChI=1S/C21H20O2/c1-15-11-19-14-23-20(22)21(19,12-15)13-16-7-9-18(10-8-16)17-5-3-2-4-6-17/h2-10,19H,1,11-14H2. The van der Waals surface area contributed by atoms with Crippen molar-refractivity contribution in [3.8, 4) is 11.1 Å². The van der Waals surface area contributed by atoms with Crippen LogP contribution < -0.4 is 0 Å². The maximum absolute atomic E-state index is 12.4. The Labute approximate surface area is 136 Å². The van der Waals surface area contributed by atoms with Crippen LogP contribution in [0.1, 0.15) is 18.4 Å². The second-order valence-corrected chi connectivity index (χ2v) is 6.82. The van der Waals surface area contributed by atoms with Gasteiger partial charge in [0, 0.05) is 5.92 Å². The molecular weight excluding hydrogens is 284 g/mol. The molecule has 2 unspecified atom stereocenters. The van der Waals surface area contributed by atoms with Crippen molar-refractivity contribution < 1.29 is 9.53 Å². The summed E-state index contributed by atoms with van der Waals surface area (Å²) in [5.41, 5.74) is 4.43. The molecule has 0 amide bonds. The van der Waals surface area contributed by atoms with Gasteiger partial charge in [-0.25, -0.2) is 0 Å². The van der Waals surface area contributed by atoms with E-state index in [0.29, 0.717) is 12.5 Å². The first-order chi connectivity index (χ1) is 11.2. The summed E-state index contributed by atoms with van der Waals surface area (Å²) >= 11 is 0. The summed E-state index contributed by atoms with van der Waals surface area (Å²) in [6.07, 6.45) is 2.45. The first kappa shape index (κ1) is 14.3. The Kier molecular flexibility index (Phi) is 3.33. The Morgan fingerprint density at radius 2 is 1.74 bits per heavy atom. The average Bonchev–Trinajstić information content (AvgIpc) is 3.04. The van der Waals surface area contributed by atoms with Crippen LogP contribution in [0.4, 0.5) is 0 Å².